The van der Waals surface area contributed by atoms with E-state index in [1.165, 1.54) is 0 Å². The number of para-hydroxylation sites is 2. The molecule has 1 amide bonds. The number of benzene rings is 3. The third kappa shape index (κ3) is 8.32. The van der Waals surface area contributed by atoms with Crippen molar-refractivity contribution in [2.75, 3.05) is 18.5 Å². The van der Waals surface area contributed by atoms with E-state index in [-0.39, 0.29) is 5.91 Å². The van der Waals surface area contributed by atoms with Gasteiger partial charge in [-0.25, -0.2) is 0 Å². The topological polar surface area (TPSA) is 158 Å². The minimum absolute atomic E-state index is 0.118. The highest BCUT2D eigenvalue weighted by Crippen LogP contribution is 2.26. The summed E-state index contributed by atoms with van der Waals surface area (Å²) in [5.41, 5.74) is 4.45. The maximum absolute atomic E-state index is 12.8. The summed E-state index contributed by atoms with van der Waals surface area (Å²) in [5, 5.41) is 44.9. The minimum Gasteiger partial charge on any atom is -0.482 e. The lowest BCUT2D eigenvalue weighted by Crippen LogP contribution is -2.60. The Kier molecular flexibility index (Phi) is 10.9. The van der Waals surface area contributed by atoms with Gasteiger partial charge in [0.1, 0.15) is 24.1 Å². The molecule has 6 rings (SSSR count). The SMILES string of the molecule is O=C(CCCCN(Cc1ccc2ccccc2n1)Cc1ccc2ccccc2n1)Nc1ccc(O[C@@H]2[C@@H](O)[C@H](O)[C@@H](CO)O[C@H]2O)cc1. The third-order valence-corrected chi connectivity index (χ3v) is 8.46. The molecule has 0 radical (unpaired) electrons. The van der Waals surface area contributed by atoms with Gasteiger partial charge in [-0.3, -0.25) is 19.7 Å². The number of nitrogens with one attached hydrogen (secondary N) is 1. The number of carbonyl (C=O) groups excluding carboxylic acids is 1. The van der Waals surface area contributed by atoms with Crippen molar-refractivity contribution in [2.24, 2.45) is 0 Å². The molecule has 250 valence electrons. The van der Waals surface area contributed by atoms with Gasteiger partial charge < -0.3 is 35.2 Å². The molecule has 3 aromatic carbocycles. The average Bonchev–Trinajstić information content (AvgIpc) is 3.10. The highest BCUT2D eigenvalue weighted by atomic mass is 16.7. The first-order valence-electron chi connectivity index (χ1n) is 16.1. The van der Waals surface area contributed by atoms with Crippen LogP contribution in [-0.2, 0) is 22.6 Å². The van der Waals surface area contributed by atoms with Crippen LogP contribution in [0.25, 0.3) is 21.8 Å². The molecule has 0 bridgehead atoms. The van der Waals surface area contributed by atoms with Crippen molar-refractivity contribution < 1.29 is 34.7 Å². The zero-order valence-electron chi connectivity index (χ0n) is 26.4. The Labute approximate surface area is 278 Å². The van der Waals surface area contributed by atoms with Crippen LogP contribution in [0.5, 0.6) is 5.75 Å². The summed E-state index contributed by atoms with van der Waals surface area (Å²) in [6, 6.07) is 30.9. The van der Waals surface area contributed by atoms with Crippen LogP contribution in [0, 0.1) is 0 Å². The Hall–Kier alpha value is -4.49. The van der Waals surface area contributed by atoms with Gasteiger partial charge in [0.05, 0.1) is 29.0 Å². The summed E-state index contributed by atoms with van der Waals surface area (Å²) in [6.45, 7) is 1.52. The van der Waals surface area contributed by atoms with E-state index in [4.69, 9.17) is 19.4 Å². The summed E-state index contributed by atoms with van der Waals surface area (Å²) in [7, 11) is 0. The number of aromatic nitrogens is 2. The number of anilines is 1. The van der Waals surface area contributed by atoms with Crippen molar-refractivity contribution in [3.05, 3.63) is 108 Å². The predicted molar refractivity (Wildman–Crippen MR) is 181 cm³/mol. The molecular formula is C37H40N4O7. The van der Waals surface area contributed by atoms with Gasteiger partial charge in [-0.05, 0) is 67.9 Å². The van der Waals surface area contributed by atoms with Crippen molar-refractivity contribution in [1.29, 1.82) is 0 Å². The summed E-state index contributed by atoms with van der Waals surface area (Å²) in [6.07, 6.45) is -4.95. The van der Waals surface area contributed by atoms with Crippen LogP contribution < -0.4 is 10.1 Å². The van der Waals surface area contributed by atoms with Crippen molar-refractivity contribution >= 4 is 33.4 Å². The smallest absolute Gasteiger partial charge is 0.224 e. The summed E-state index contributed by atoms with van der Waals surface area (Å²) < 4.78 is 10.8. The van der Waals surface area contributed by atoms with Crippen LogP contribution >= 0.6 is 0 Å². The fraction of sp³-hybridized carbons (Fsp3) is 0.324. The number of hydrogen-bond acceptors (Lipinski definition) is 10. The molecule has 1 fully saturated rings. The fourth-order valence-electron chi connectivity index (χ4n) is 5.88. The molecular weight excluding hydrogens is 612 g/mol. The largest absolute Gasteiger partial charge is 0.482 e. The lowest BCUT2D eigenvalue weighted by Gasteiger charge is -2.39. The van der Waals surface area contributed by atoms with Crippen LogP contribution in [-0.4, -0.2) is 85.1 Å². The molecule has 5 atom stereocenters. The number of rotatable bonds is 13. The minimum atomic E-state index is -1.54. The molecule has 0 spiro atoms. The van der Waals surface area contributed by atoms with Gasteiger partial charge in [-0.15, -0.1) is 0 Å². The van der Waals surface area contributed by atoms with E-state index < -0.39 is 37.3 Å². The number of nitrogens with zero attached hydrogens (tertiary/aromatic N) is 3. The number of fused-ring (bicyclic) bond motifs is 2. The average molecular weight is 653 g/mol. The molecule has 11 nitrogen and oxygen atoms in total. The Morgan fingerprint density at radius 3 is 1.98 bits per heavy atom. The second-order valence-corrected chi connectivity index (χ2v) is 12.0. The molecule has 48 heavy (non-hydrogen) atoms. The monoisotopic (exact) mass is 652 g/mol. The standard InChI is InChI=1S/C37H40N4O7/c42-23-32-34(44)35(45)36(37(46)48-32)47-29-18-16-26(17-19-29)40-33(43)11-5-6-20-41(21-27-14-12-24-7-1-3-9-30(24)38-27)22-28-15-13-25-8-2-4-10-31(25)39-28/h1-4,7-10,12-19,32,34-37,42,44-46H,5-6,11,20-23H2,(H,40,43)/t32-,34-,35+,36-,37-/m1/s1. The van der Waals surface area contributed by atoms with Crippen LogP contribution in [0.4, 0.5) is 5.69 Å². The number of hydrogen-bond donors (Lipinski definition) is 5. The van der Waals surface area contributed by atoms with Crippen LogP contribution in [0.3, 0.4) is 0 Å². The van der Waals surface area contributed by atoms with E-state index >= 15 is 0 Å². The van der Waals surface area contributed by atoms with E-state index in [9.17, 15) is 25.2 Å². The Bertz CT molecular complexity index is 1740. The summed E-state index contributed by atoms with van der Waals surface area (Å²) in [5.74, 6) is 0.184. The molecule has 11 heteroatoms. The molecule has 0 saturated carbocycles. The second-order valence-electron chi connectivity index (χ2n) is 12.0. The Balaban J connectivity index is 1.02. The van der Waals surface area contributed by atoms with Crippen molar-refractivity contribution in [3.63, 3.8) is 0 Å². The normalized spacial score (nSPS) is 21.1. The molecule has 5 N–H and O–H groups in total. The first-order chi connectivity index (χ1) is 23.4. The maximum atomic E-state index is 12.8. The fourth-order valence-corrected chi connectivity index (χ4v) is 5.88. The van der Waals surface area contributed by atoms with Gasteiger partial charge in [-0.1, -0.05) is 48.5 Å². The first kappa shape index (κ1) is 33.4. The summed E-state index contributed by atoms with van der Waals surface area (Å²) >= 11 is 0. The van der Waals surface area contributed by atoms with Gasteiger partial charge in [-0.2, -0.15) is 0 Å². The lowest BCUT2D eigenvalue weighted by atomic mass is 9.99. The lowest BCUT2D eigenvalue weighted by molar-refractivity contribution is -0.280. The molecule has 0 unspecified atom stereocenters. The maximum Gasteiger partial charge on any atom is 0.224 e. The van der Waals surface area contributed by atoms with Gasteiger partial charge >= 0.3 is 0 Å². The quantitative estimate of drug-likeness (QED) is 0.119. The van der Waals surface area contributed by atoms with E-state index in [0.29, 0.717) is 37.4 Å². The molecule has 3 heterocycles. The Morgan fingerprint density at radius 1 is 0.771 bits per heavy atom. The van der Waals surface area contributed by atoms with E-state index in [2.05, 4.69) is 46.6 Å². The zero-order chi connectivity index (χ0) is 33.5. The predicted octanol–water partition coefficient (Wildman–Crippen LogP) is 3.77. The van der Waals surface area contributed by atoms with E-state index in [1.54, 1.807) is 24.3 Å². The molecule has 0 aliphatic carbocycles. The van der Waals surface area contributed by atoms with E-state index in [0.717, 1.165) is 46.2 Å². The highest BCUT2D eigenvalue weighted by molar-refractivity contribution is 5.90. The third-order valence-electron chi connectivity index (χ3n) is 8.46. The second kappa shape index (κ2) is 15.6. The highest BCUT2D eigenvalue weighted by Gasteiger charge is 2.45. The van der Waals surface area contributed by atoms with Gasteiger partial charge in [0.25, 0.3) is 0 Å². The molecule has 2 aromatic heterocycles. The molecule has 1 saturated heterocycles. The number of ether oxygens (including phenoxy) is 2. The zero-order valence-corrected chi connectivity index (χ0v) is 26.4. The number of carbonyl (C=O) groups is 1. The van der Waals surface area contributed by atoms with Crippen molar-refractivity contribution in [1.82, 2.24) is 14.9 Å². The first-order valence-corrected chi connectivity index (χ1v) is 16.1. The summed E-state index contributed by atoms with van der Waals surface area (Å²) in [4.78, 5) is 24.8. The van der Waals surface area contributed by atoms with Crippen LogP contribution in [0.2, 0.25) is 0 Å². The van der Waals surface area contributed by atoms with Crippen LogP contribution in [0.1, 0.15) is 30.7 Å². The van der Waals surface area contributed by atoms with Gasteiger partial charge in [0.15, 0.2) is 12.4 Å². The molecule has 1 aliphatic heterocycles. The number of pyridine rings is 2. The van der Waals surface area contributed by atoms with E-state index in [1.807, 2.05) is 36.4 Å². The van der Waals surface area contributed by atoms with Gasteiger partial charge in [0, 0.05) is 36.0 Å². The molecule has 5 aromatic rings. The number of unbranched alkanes of at least 4 members (excludes halogenated alkanes) is 1. The number of aliphatic hydroxyl groups is 4. The molecule has 1 aliphatic rings. The van der Waals surface area contributed by atoms with Crippen LogP contribution in [0.15, 0.2) is 97.1 Å². The number of amides is 1. The van der Waals surface area contributed by atoms with Crippen molar-refractivity contribution in [2.45, 2.75) is 63.1 Å². The Morgan fingerprint density at radius 2 is 1.38 bits per heavy atom. The number of aliphatic hydroxyl groups excluding tert-OH is 4. The van der Waals surface area contributed by atoms with Crippen molar-refractivity contribution in [3.8, 4) is 5.75 Å². The van der Waals surface area contributed by atoms with Gasteiger partial charge in [0.2, 0.25) is 5.91 Å².